The Bertz CT molecular complexity index is 874. The van der Waals surface area contributed by atoms with E-state index >= 15 is 0 Å². The number of pyridine rings is 1. The molecule has 0 unspecified atom stereocenters. The van der Waals surface area contributed by atoms with Crippen LogP contribution in [-0.2, 0) is 9.53 Å². The van der Waals surface area contributed by atoms with Crippen molar-refractivity contribution in [3.8, 4) is 6.07 Å². The first-order chi connectivity index (χ1) is 12.4. The number of esters is 1. The second kappa shape index (κ2) is 9.12. The third-order valence-corrected chi connectivity index (χ3v) is 3.86. The first-order valence-electron chi connectivity index (χ1n) is 6.97. The maximum absolute atomic E-state index is 12.5. The molecule has 0 spiro atoms. The van der Waals surface area contributed by atoms with Gasteiger partial charge in [0.25, 0.3) is 11.7 Å². The molecule has 0 saturated heterocycles. The molecule has 0 saturated carbocycles. The van der Waals surface area contributed by atoms with Crippen molar-refractivity contribution in [1.82, 2.24) is 4.98 Å². The lowest BCUT2D eigenvalue weighted by atomic mass is 10.2. The fourth-order valence-corrected chi connectivity index (χ4v) is 2.58. The molecule has 1 N–H and O–H groups in total. The average molecular weight is 398 g/mol. The molecule has 134 valence electrons. The second-order valence-electron chi connectivity index (χ2n) is 4.66. The van der Waals surface area contributed by atoms with Crippen molar-refractivity contribution < 1.29 is 23.1 Å². The number of amides is 1. The Labute approximate surface area is 156 Å². The number of halogens is 3. The smallest absolute Gasteiger partial charge is 0.341 e. The van der Waals surface area contributed by atoms with Crippen LogP contribution in [0.3, 0.4) is 0 Å². The van der Waals surface area contributed by atoms with Crippen LogP contribution in [0.15, 0.2) is 41.6 Å². The van der Waals surface area contributed by atoms with Crippen molar-refractivity contribution >= 4 is 40.9 Å². The van der Waals surface area contributed by atoms with Gasteiger partial charge in [-0.15, -0.1) is 0 Å². The summed E-state index contributed by atoms with van der Waals surface area (Å²) in [6.07, 6.45) is 1.26. The van der Waals surface area contributed by atoms with Crippen molar-refractivity contribution in [2.75, 3.05) is 11.9 Å². The van der Waals surface area contributed by atoms with Crippen molar-refractivity contribution in [3.05, 3.63) is 52.7 Å². The van der Waals surface area contributed by atoms with Gasteiger partial charge in [0.15, 0.2) is 6.61 Å². The molecule has 0 radical (unpaired) electrons. The standard InChI is InChI=1S/C16H10ClF2N3O3S/c17-10-4-3-9(7-20)12(6-10)22-13(23)8-25-15(24)11-2-1-5-21-14(11)26-16(18)19/h1-6,16H,8H2,(H,22,23). The SMILES string of the molecule is N#Cc1ccc(Cl)cc1NC(=O)COC(=O)c1cccnc1SC(F)F. The highest BCUT2D eigenvalue weighted by molar-refractivity contribution is 7.99. The molecule has 0 fully saturated rings. The minimum atomic E-state index is -2.76. The van der Waals surface area contributed by atoms with Crippen LogP contribution >= 0.6 is 23.4 Å². The number of hydrogen-bond acceptors (Lipinski definition) is 6. The zero-order chi connectivity index (χ0) is 19.1. The van der Waals surface area contributed by atoms with Gasteiger partial charge < -0.3 is 10.1 Å². The van der Waals surface area contributed by atoms with E-state index in [1.807, 2.05) is 6.07 Å². The zero-order valence-corrected chi connectivity index (χ0v) is 14.5. The molecule has 0 aliphatic rings. The topological polar surface area (TPSA) is 92.1 Å². The maximum Gasteiger partial charge on any atom is 0.341 e. The third kappa shape index (κ3) is 5.40. The van der Waals surface area contributed by atoms with Crippen LogP contribution in [0.2, 0.25) is 5.02 Å². The third-order valence-electron chi connectivity index (χ3n) is 2.90. The number of nitrogens with one attached hydrogen (secondary N) is 1. The second-order valence-corrected chi connectivity index (χ2v) is 6.08. The minimum absolute atomic E-state index is 0.100. The first kappa shape index (κ1) is 19.6. The number of rotatable bonds is 6. The van der Waals surface area contributed by atoms with Crippen molar-refractivity contribution in [1.29, 1.82) is 5.26 Å². The number of carbonyl (C=O) groups excluding carboxylic acids is 2. The summed E-state index contributed by atoms with van der Waals surface area (Å²) < 4.78 is 29.8. The molecule has 26 heavy (non-hydrogen) atoms. The molecule has 1 aromatic heterocycles. The van der Waals surface area contributed by atoms with E-state index in [1.54, 1.807) is 0 Å². The first-order valence-corrected chi connectivity index (χ1v) is 8.23. The summed E-state index contributed by atoms with van der Waals surface area (Å²) in [5, 5.41) is 11.5. The summed E-state index contributed by atoms with van der Waals surface area (Å²) in [7, 11) is 0. The molecule has 6 nitrogen and oxygen atoms in total. The lowest BCUT2D eigenvalue weighted by Gasteiger charge is -2.09. The number of thioether (sulfide) groups is 1. The largest absolute Gasteiger partial charge is 0.452 e. The minimum Gasteiger partial charge on any atom is -0.452 e. The molecule has 0 aliphatic carbocycles. The van der Waals surface area contributed by atoms with E-state index in [0.717, 1.165) is 0 Å². The molecule has 1 amide bonds. The Morgan fingerprint density at radius 1 is 1.38 bits per heavy atom. The van der Waals surface area contributed by atoms with Crippen molar-refractivity contribution in [2.24, 2.45) is 0 Å². The van der Waals surface area contributed by atoms with E-state index in [4.69, 9.17) is 21.6 Å². The van der Waals surface area contributed by atoms with Crippen LogP contribution in [-0.4, -0.2) is 29.2 Å². The van der Waals surface area contributed by atoms with Gasteiger partial charge >= 0.3 is 5.97 Å². The van der Waals surface area contributed by atoms with Gasteiger partial charge in [0.2, 0.25) is 0 Å². The van der Waals surface area contributed by atoms with Gasteiger partial charge in [-0.05, 0) is 42.1 Å². The number of hydrogen-bond donors (Lipinski definition) is 1. The fraction of sp³-hybridized carbons (Fsp3) is 0.125. The lowest BCUT2D eigenvalue weighted by molar-refractivity contribution is -0.119. The van der Waals surface area contributed by atoms with Gasteiger partial charge in [0.05, 0.1) is 16.8 Å². The van der Waals surface area contributed by atoms with Gasteiger partial charge in [0, 0.05) is 11.2 Å². The van der Waals surface area contributed by atoms with Crippen LogP contribution in [0.25, 0.3) is 0 Å². The molecule has 2 aromatic rings. The van der Waals surface area contributed by atoms with E-state index in [0.29, 0.717) is 5.02 Å². The molecular formula is C16H10ClF2N3O3S. The summed E-state index contributed by atoms with van der Waals surface area (Å²) in [5.41, 5.74) is 0.166. The molecule has 0 aliphatic heterocycles. The van der Waals surface area contributed by atoms with Crippen LogP contribution in [0.5, 0.6) is 0 Å². The van der Waals surface area contributed by atoms with E-state index in [1.165, 1.54) is 36.5 Å². The van der Waals surface area contributed by atoms with Gasteiger partial charge in [-0.25, -0.2) is 9.78 Å². The number of nitriles is 1. The molecular weight excluding hydrogens is 388 g/mol. The number of alkyl halides is 2. The number of anilines is 1. The molecule has 2 rings (SSSR count). The van der Waals surface area contributed by atoms with Crippen molar-refractivity contribution in [2.45, 2.75) is 10.8 Å². The summed E-state index contributed by atoms with van der Waals surface area (Å²) in [4.78, 5) is 27.6. The highest BCUT2D eigenvalue weighted by Crippen LogP contribution is 2.26. The molecule has 0 atom stereocenters. The number of ether oxygens (including phenoxy) is 1. The normalized spacial score (nSPS) is 10.3. The molecule has 1 heterocycles. The van der Waals surface area contributed by atoms with Gasteiger partial charge in [-0.3, -0.25) is 4.79 Å². The lowest BCUT2D eigenvalue weighted by Crippen LogP contribution is -2.21. The molecule has 10 heteroatoms. The number of benzene rings is 1. The van der Waals surface area contributed by atoms with Gasteiger partial charge in [-0.2, -0.15) is 14.0 Å². The summed E-state index contributed by atoms with van der Waals surface area (Å²) in [6, 6.07) is 8.82. The van der Waals surface area contributed by atoms with Crippen LogP contribution in [0.1, 0.15) is 15.9 Å². The van der Waals surface area contributed by atoms with Gasteiger partial charge in [0.1, 0.15) is 11.1 Å². The Balaban J connectivity index is 2.01. The molecule has 1 aromatic carbocycles. The average Bonchev–Trinajstić information content (AvgIpc) is 2.60. The predicted octanol–water partition coefficient (Wildman–Crippen LogP) is 3.72. The van der Waals surface area contributed by atoms with Crippen LogP contribution in [0.4, 0.5) is 14.5 Å². The maximum atomic E-state index is 12.5. The Morgan fingerprint density at radius 3 is 2.85 bits per heavy atom. The number of aromatic nitrogens is 1. The monoisotopic (exact) mass is 397 g/mol. The molecule has 0 bridgehead atoms. The van der Waals surface area contributed by atoms with E-state index < -0.39 is 24.2 Å². The summed E-state index contributed by atoms with van der Waals surface area (Å²) >= 11 is 5.91. The van der Waals surface area contributed by atoms with E-state index in [2.05, 4.69) is 10.3 Å². The van der Waals surface area contributed by atoms with Gasteiger partial charge in [-0.1, -0.05) is 11.6 Å². The highest BCUT2D eigenvalue weighted by atomic mass is 35.5. The summed E-state index contributed by atoms with van der Waals surface area (Å²) in [5.74, 6) is -4.45. The van der Waals surface area contributed by atoms with Crippen molar-refractivity contribution in [3.63, 3.8) is 0 Å². The number of nitrogens with zero attached hydrogens (tertiary/aromatic N) is 2. The highest BCUT2D eigenvalue weighted by Gasteiger charge is 2.19. The van der Waals surface area contributed by atoms with E-state index in [9.17, 15) is 18.4 Å². The Kier molecular flexibility index (Phi) is 6.89. The summed E-state index contributed by atoms with van der Waals surface area (Å²) in [6.45, 7) is -0.677. The fourth-order valence-electron chi connectivity index (χ4n) is 1.84. The Morgan fingerprint density at radius 2 is 2.15 bits per heavy atom. The van der Waals surface area contributed by atoms with Crippen LogP contribution in [0, 0.1) is 11.3 Å². The zero-order valence-electron chi connectivity index (χ0n) is 12.9. The quantitative estimate of drug-likeness (QED) is 0.590. The van der Waals surface area contributed by atoms with Crippen LogP contribution < -0.4 is 5.32 Å². The number of carbonyl (C=O) groups is 2. The predicted molar refractivity (Wildman–Crippen MR) is 91.2 cm³/mol. The van der Waals surface area contributed by atoms with E-state index in [-0.39, 0.29) is 33.6 Å². The Hall–Kier alpha value is -2.70.